The largest absolute Gasteiger partial charge is 2.00 e. The van der Waals surface area contributed by atoms with Gasteiger partial charge >= 0.3 is 46.1 Å². The second-order valence-corrected chi connectivity index (χ2v) is 11.4. The quantitative estimate of drug-likeness (QED) is 0.0640. The Kier molecular flexibility index (Phi) is 66.6. The first kappa shape index (κ1) is 54.8. The third kappa shape index (κ3) is 59.7. The van der Waals surface area contributed by atoms with E-state index < -0.39 is 11.9 Å². The second kappa shape index (κ2) is 51.0. The maximum Gasteiger partial charge on any atom is 2.00 e. The third-order valence-electron chi connectivity index (χ3n) is 7.47. The van der Waals surface area contributed by atoms with Crippen molar-refractivity contribution in [3.8, 4) is 0 Å². The van der Waals surface area contributed by atoms with Gasteiger partial charge < -0.3 is 30.8 Å². The standard InChI is InChI=1S/C18H36O2.C16H32O2.2Mg.2H2O/c1-2-3-4-5-6-7-8-9-10-11-12-13-14-15-16-17-18(19)20;1-2-3-4-5-6-7-8-9-10-11-12-13-14-15-16(17)18;;;;/h2-17H2,1H3,(H,19,20);2-15H2,1H3,(H,17,18);;;2*1H2/q;;2*+2;;/p-2. The van der Waals surface area contributed by atoms with Crippen LogP contribution in [0.2, 0.25) is 0 Å². The molecule has 0 aliphatic rings. The van der Waals surface area contributed by atoms with Crippen LogP contribution in [0.5, 0.6) is 0 Å². The summed E-state index contributed by atoms with van der Waals surface area (Å²) in [5, 5.41) is 20.4. The molecular formula is C34H70Mg2O6+2. The number of aliphatic carboxylic acids is 2. The average Bonchev–Trinajstić information content (AvgIpc) is 2.89. The molecule has 8 heteroatoms. The van der Waals surface area contributed by atoms with Gasteiger partial charge in [0.1, 0.15) is 0 Å². The zero-order valence-corrected chi connectivity index (χ0v) is 31.1. The number of hydrogen-bond donors (Lipinski definition) is 0. The van der Waals surface area contributed by atoms with Crippen molar-refractivity contribution >= 4 is 58.0 Å². The van der Waals surface area contributed by atoms with Gasteiger partial charge in [-0.2, -0.15) is 0 Å². The molecule has 0 amide bonds. The first-order valence-corrected chi connectivity index (χ1v) is 16.9. The Morgan fingerprint density at radius 1 is 0.333 bits per heavy atom. The molecule has 0 radical (unpaired) electrons. The van der Waals surface area contributed by atoms with Crippen LogP contribution in [0.3, 0.4) is 0 Å². The number of carboxylic acids is 2. The fourth-order valence-corrected chi connectivity index (χ4v) is 4.93. The molecule has 0 rings (SSSR count). The number of rotatable bonds is 30. The molecule has 0 spiro atoms. The Bertz CT molecular complexity index is 481. The van der Waals surface area contributed by atoms with E-state index in [2.05, 4.69) is 13.8 Å². The van der Waals surface area contributed by atoms with Gasteiger partial charge in [-0.1, -0.05) is 181 Å². The van der Waals surface area contributed by atoms with E-state index in [0.717, 1.165) is 25.7 Å². The van der Waals surface area contributed by atoms with Crippen LogP contribution in [0.1, 0.15) is 206 Å². The van der Waals surface area contributed by atoms with Crippen molar-refractivity contribution in [1.29, 1.82) is 0 Å². The van der Waals surface area contributed by atoms with Gasteiger partial charge in [-0.25, -0.2) is 0 Å². The van der Waals surface area contributed by atoms with E-state index in [1.807, 2.05) is 0 Å². The molecule has 6 nitrogen and oxygen atoms in total. The summed E-state index contributed by atoms with van der Waals surface area (Å²) in [6, 6.07) is 0. The van der Waals surface area contributed by atoms with Crippen LogP contribution >= 0.6 is 0 Å². The van der Waals surface area contributed by atoms with E-state index in [1.54, 1.807) is 0 Å². The van der Waals surface area contributed by atoms with E-state index in [0.29, 0.717) is 0 Å². The Labute approximate surface area is 293 Å². The number of carboxylic acid groups (broad SMARTS) is 2. The van der Waals surface area contributed by atoms with Gasteiger partial charge in [0.2, 0.25) is 0 Å². The molecule has 244 valence electrons. The van der Waals surface area contributed by atoms with E-state index in [9.17, 15) is 19.8 Å². The van der Waals surface area contributed by atoms with Crippen molar-refractivity contribution in [2.75, 3.05) is 0 Å². The second-order valence-electron chi connectivity index (χ2n) is 11.4. The maximum absolute atomic E-state index is 10.2. The predicted molar refractivity (Wildman–Crippen MR) is 179 cm³/mol. The predicted octanol–water partition coefficient (Wildman–Crippen LogP) is 6.80. The summed E-state index contributed by atoms with van der Waals surface area (Å²) in [5.41, 5.74) is 0. The Morgan fingerprint density at radius 2 is 0.476 bits per heavy atom. The van der Waals surface area contributed by atoms with Crippen LogP contribution in [-0.4, -0.2) is 69.0 Å². The van der Waals surface area contributed by atoms with Gasteiger partial charge in [-0.3, -0.25) is 0 Å². The molecule has 0 aliphatic heterocycles. The van der Waals surface area contributed by atoms with Crippen molar-refractivity contribution in [2.45, 2.75) is 206 Å². The van der Waals surface area contributed by atoms with Crippen LogP contribution in [0.25, 0.3) is 0 Å². The fourth-order valence-electron chi connectivity index (χ4n) is 4.93. The SMILES string of the molecule is CCCCCCCCCCCCCCCC(=O)[O-].CCCCCCCCCCCCCCCCCC(=O)[O-].O.O.[Mg+2].[Mg+2]. The summed E-state index contributed by atoms with van der Waals surface area (Å²) in [6.45, 7) is 4.52. The van der Waals surface area contributed by atoms with Crippen molar-refractivity contribution in [3.63, 3.8) is 0 Å². The molecule has 0 bridgehead atoms. The van der Waals surface area contributed by atoms with Crippen LogP contribution in [0.15, 0.2) is 0 Å². The van der Waals surface area contributed by atoms with Gasteiger partial charge in [0.15, 0.2) is 0 Å². The molecule has 0 saturated carbocycles. The smallest absolute Gasteiger partial charge is 0.550 e. The zero-order valence-electron chi connectivity index (χ0n) is 28.3. The summed E-state index contributed by atoms with van der Waals surface area (Å²) in [5.74, 6) is -1.81. The minimum atomic E-state index is -0.905. The van der Waals surface area contributed by atoms with Gasteiger partial charge in [0.25, 0.3) is 0 Å². The molecule has 0 unspecified atom stereocenters. The first-order chi connectivity index (χ1) is 18.5. The molecular weight excluding hydrogens is 553 g/mol. The van der Waals surface area contributed by atoms with Gasteiger partial charge in [-0.05, 0) is 25.7 Å². The molecule has 0 aromatic rings. The van der Waals surface area contributed by atoms with Gasteiger partial charge in [0.05, 0.1) is 0 Å². The summed E-state index contributed by atoms with van der Waals surface area (Å²) in [4.78, 5) is 20.4. The summed E-state index contributed by atoms with van der Waals surface area (Å²) in [7, 11) is 0. The molecule has 0 saturated heterocycles. The number of unbranched alkanes of at least 4 members (excludes halogenated alkanes) is 26. The van der Waals surface area contributed by atoms with Gasteiger partial charge in [-0.15, -0.1) is 0 Å². The van der Waals surface area contributed by atoms with Crippen molar-refractivity contribution in [2.24, 2.45) is 0 Å². The molecule has 4 N–H and O–H groups in total. The zero-order chi connectivity index (χ0) is 28.4. The molecule has 0 atom stereocenters. The maximum atomic E-state index is 10.2. The molecule has 0 heterocycles. The molecule has 0 aromatic heterocycles. The van der Waals surface area contributed by atoms with Gasteiger partial charge in [0, 0.05) is 11.9 Å². The molecule has 0 aromatic carbocycles. The van der Waals surface area contributed by atoms with E-state index in [1.165, 1.54) is 154 Å². The van der Waals surface area contributed by atoms with E-state index in [4.69, 9.17) is 0 Å². The van der Waals surface area contributed by atoms with Crippen LogP contribution in [0.4, 0.5) is 0 Å². The Hall–Kier alpha value is 0.392. The van der Waals surface area contributed by atoms with Crippen molar-refractivity contribution in [3.05, 3.63) is 0 Å². The monoisotopic (exact) mass is 622 g/mol. The van der Waals surface area contributed by atoms with Crippen LogP contribution in [0, 0.1) is 0 Å². The number of carbonyl (C=O) groups is 2. The minimum absolute atomic E-state index is 0. The Morgan fingerprint density at radius 3 is 0.619 bits per heavy atom. The van der Waals surface area contributed by atoms with E-state index >= 15 is 0 Å². The molecule has 42 heavy (non-hydrogen) atoms. The molecule has 0 aliphatic carbocycles. The number of hydrogen-bond acceptors (Lipinski definition) is 4. The van der Waals surface area contributed by atoms with E-state index in [-0.39, 0.29) is 69.9 Å². The topological polar surface area (TPSA) is 143 Å². The summed E-state index contributed by atoms with van der Waals surface area (Å²) >= 11 is 0. The van der Waals surface area contributed by atoms with Crippen LogP contribution in [-0.2, 0) is 9.59 Å². The van der Waals surface area contributed by atoms with Crippen molar-refractivity contribution < 1.29 is 30.8 Å². The Balaban J connectivity index is -0.000000141. The fraction of sp³-hybridized carbons (Fsp3) is 0.941. The summed E-state index contributed by atoms with van der Waals surface area (Å²) in [6.07, 6.45) is 36.8. The first-order valence-electron chi connectivity index (χ1n) is 16.9. The average molecular weight is 624 g/mol. The normalized spacial score (nSPS) is 9.76. The van der Waals surface area contributed by atoms with Crippen LogP contribution < -0.4 is 10.2 Å². The van der Waals surface area contributed by atoms with Crippen molar-refractivity contribution in [1.82, 2.24) is 0 Å². The molecule has 0 fully saturated rings. The number of carbonyl (C=O) groups excluding carboxylic acids is 2. The summed E-state index contributed by atoms with van der Waals surface area (Å²) < 4.78 is 0. The third-order valence-corrected chi connectivity index (χ3v) is 7.47. The minimum Gasteiger partial charge on any atom is -0.550 e.